The summed E-state index contributed by atoms with van der Waals surface area (Å²) in [5.74, 6) is 0.107. The first-order chi connectivity index (χ1) is 13.6. The fourth-order valence-electron chi connectivity index (χ4n) is 4.42. The Balaban J connectivity index is 1.29. The van der Waals surface area contributed by atoms with E-state index in [1.807, 2.05) is 24.3 Å². The van der Waals surface area contributed by atoms with Crippen molar-refractivity contribution in [3.8, 4) is 5.75 Å². The van der Waals surface area contributed by atoms with Gasteiger partial charge < -0.3 is 15.1 Å². The molecule has 28 heavy (non-hydrogen) atoms. The summed E-state index contributed by atoms with van der Waals surface area (Å²) in [6.45, 7) is 5.62. The molecule has 0 radical (unpaired) electrons. The molecule has 0 aromatic heterocycles. The van der Waals surface area contributed by atoms with Gasteiger partial charge in [-0.3, -0.25) is 9.80 Å². The maximum Gasteiger partial charge on any atom is 0.146 e. The van der Waals surface area contributed by atoms with Gasteiger partial charge in [-0.1, -0.05) is 24.3 Å². The number of phenolic OH excluding ortho intramolecular Hbond substituents is 1. The second kappa shape index (κ2) is 8.47. The monoisotopic (exact) mass is 385 g/mol. The summed E-state index contributed by atoms with van der Waals surface area (Å²) in [5, 5.41) is 20.2. The van der Waals surface area contributed by atoms with Gasteiger partial charge in [0.1, 0.15) is 11.6 Å². The Kier molecular flexibility index (Phi) is 5.80. The smallest absolute Gasteiger partial charge is 0.146 e. The van der Waals surface area contributed by atoms with E-state index in [1.54, 1.807) is 18.2 Å². The van der Waals surface area contributed by atoms with Crippen LogP contribution in [0.1, 0.15) is 12.0 Å². The molecule has 2 fully saturated rings. The fraction of sp³-hybridized carbons (Fsp3) is 0.455. The Bertz CT molecular complexity index is 778. The van der Waals surface area contributed by atoms with E-state index in [4.69, 9.17) is 0 Å². The van der Waals surface area contributed by atoms with Crippen LogP contribution in [0.25, 0.3) is 0 Å². The molecule has 5 nitrogen and oxygen atoms in total. The summed E-state index contributed by atoms with van der Waals surface area (Å²) in [7, 11) is 0. The Morgan fingerprint density at radius 2 is 1.64 bits per heavy atom. The minimum absolute atomic E-state index is 0.166. The number of halogens is 1. The van der Waals surface area contributed by atoms with Crippen molar-refractivity contribution < 1.29 is 14.6 Å². The third-order valence-electron chi connectivity index (χ3n) is 5.95. The number of aromatic hydroxyl groups is 1. The van der Waals surface area contributed by atoms with Crippen molar-refractivity contribution in [1.82, 2.24) is 9.80 Å². The average Bonchev–Trinajstić information content (AvgIpc) is 2.71. The zero-order valence-electron chi connectivity index (χ0n) is 16.0. The first-order valence-corrected chi connectivity index (χ1v) is 10.0. The van der Waals surface area contributed by atoms with Crippen molar-refractivity contribution in [2.75, 3.05) is 44.2 Å². The van der Waals surface area contributed by atoms with Crippen molar-refractivity contribution in [2.45, 2.75) is 25.1 Å². The second-order valence-electron chi connectivity index (χ2n) is 7.80. The minimum Gasteiger partial charge on any atom is -0.508 e. The lowest BCUT2D eigenvalue weighted by atomic mass is 9.98. The summed E-state index contributed by atoms with van der Waals surface area (Å²) < 4.78 is 14.0. The molecule has 2 heterocycles. The molecule has 6 heteroatoms. The molecule has 2 aromatic carbocycles. The lowest BCUT2D eigenvalue weighted by Crippen LogP contribution is -2.58. The third kappa shape index (κ3) is 4.29. The van der Waals surface area contributed by atoms with Gasteiger partial charge in [-0.05, 0) is 36.2 Å². The minimum atomic E-state index is -0.383. The Hall–Kier alpha value is -2.15. The zero-order valence-corrected chi connectivity index (χ0v) is 16.0. The van der Waals surface area contributed by atoms with Crippen LogP contribution in [-0.2, 0) is 6.54 Å². The van der Waals surface area contributed by atoms with Crippen molar-refractivity contribution in [1.29, 1.82) is 0 Å². The van der Waals surface area contributed by atoms with E-state index < -0.39 is 0 Å². The van der Waals surface area contributed by atoms with Crippen molar-refractivity contribution >= 4 is 5.69 Å². The van der Waals surface area contributed by atoms with Gasteiger partial charge in [-0.2, -0.15) is 0 Å². The van der Waals surface area contributed by atoms with Gasteiger partial charge in [0.05, 0.1) is 11.8 Å². The largest absolute Gasteiger partial charge is 0.508 e. The number of phenols is 1. The molecule has 0 bridgehead atoms. The van der Waals surface area contributed by atoms with E-state index in [0.29, 0.717) is 12.2 Å². The zero-order chi connectivity index (χ0) is 19.5. The number of rotatable bonds is 4. The number of aliphatic hydroxyl groups is 1. The third-order valence-corrected chi connectivity index (χ3v) is 5.95. The maximum absolute atomic E-state index is 14.0. The molecular weight excluding hydrogens is 357 g/mol. The van der Waals surface area contributed by atoms with Crippen LogP contribution < -0.4 is 4.90 Å². The van der Waals surface area contributed by atoms with E-state index in [1.165, 1.54) is 6.07 Å². The van der Waals surface area contributed by atoms with Crippen LogP contribution in [0.15, 0.2) is 48.5 Å². The molecule has 2 atom stereocenters. The van der Waals surface area contributed by atoms with Crippen LogP contribution >= 0.6 is 0 Å². The molecule has 0 saturated carbocycles. The lowest BCUT2D eigenvalue weighted by Gasteiger charge is -2.45. The van der Waals surface area contributed by atoms with Crippen molar-refractivity contribution in [2.24, 2.45) is 0 Å². The van der Waals surface area contributed by atoms with E-state index in [9.17, 15) is 14.6 Å². The number of benzene rings is 2. The molecule has 150 valence electrons. The molecule has 0 amide bonds. The summed E-state index contributed by atoms with van der Waals surface area (Å²) >= 11 is 0. The molecule has 4 rings (SSSR count). The van der Waals surface area contributed by atoms with Gasteiger partial charge in [0, 0.05) is 51.9 Å². The van der Waals surface area contributed by atoms with E-state index in [0.717, 1.165) is 51.3 Å². The Morgan fingerprint density at radius 1 is 0.929 bits per heavy atom. The Morgan fingerprint density at radius 3 is 2.32 bits per heavy atom. The second-order valence-corrected chi connectivity index (χ2v) is 7.80. The number of hydrogen-bond donors (Lipinski definition) is 2. The number of anilines is 1. The number of nitrogens with zero attached hydrogens (tertiary/aromatic N) is 3. The van der Waals surface area contributed by atoms with Crippen LogP contribution in [-0.4, -0.2) is 71.4 Å². The highest BCUT2D eigenvalue weighted by atomic mass is 19.1. The van der Waals surface area contributed by atoms with Gasteiger partial charge in [0.2, 0.25) is 0 Å². The predicted molar refractivity (Wildman–Crippen MR) is 108 cm³/mol. The highest BCUT2D eigenvalue weighted by Crippen LogP contribution is 2.24. The predicted octanol–water partition coefficient (Wildman–Crippen LogP) is 2.29. The molecule has 0 spiro atoms. The molecule has 0 unspecified atom stereocenters. The summed E-state index contributed by atoms with van der Waals surface area (Å²) in [5.41, 5.74) is 1.81. The number of aliphatic hydroxyl groups excluding tert-OH is 1. The van der Waals surface area contributed by atoms with Crippen LogP contribution in [0, 0.1) is 5.82 Å². The standard InChI is InChI=1S/C22H28FN3O2/c23-19-3-1-2-4-20(19)25-11-13-26(14-12-25)21-9-10-24(16-22(21)28)15-17-5-7-18(27)8-6-17/h1-8,21-22,27-28H,9-16H2/t21-,22-/m1/s1. The first kappa shape index (κ1) is 19.2. The van der Waals surface area contributed by atoms with Crippen LogP contribution in [0.3, 0.4) is 0 Å². The molecule has 0 aliphatic carbocycles. The maximum atomic E-state index is 14.0. The van der Waals surface area contributed by atoms with Gasteiger partial charge in [0.25, 0.3) is 0 Å². The molecule has 2 saturated heterocycles. The number of hydrogen-bond acceptors (Lipinski definition) is 5. The van der Waals surface area contributed by atoms with Crippen LogP contribution in [0.4, 0.5) is 10.1 Å². The first-order valence-electron chi connectivity index (χ1n) is 10.0. The number of likely N-dealkylation sites (tertiary alicyclic amines) is 1. The van der Waals surface area contributed by atoms with Crippen LogP contribution in [0.5, 0.6) is 5.75 Å². The van der Waals surface area contributed by atoms with Crippen molar-refractivity contribution in [3.05, 3.63) is 59.9 Å². The number of piperazine rings is 1. The molecule has 2 aromatic rings. The topological polar surface area (TPSA) is 50.2 Å². The van der Waals surface area contributed by atoms with Crippen LogP contribution in [0.2, 0.25) is 0 Å². The highest BCUT2D eigenvalue weighted by Gasteiger charge is 2.33. The molecule has 2 aliphatic heterocycles. The lowest BCUT2D eigenvalue weighted by molar-refractivity contribution is -0.0172. The normalized spacial score (nSPS) is 24.4. The quantitative estimate of drug-likeness (QED) is 0.846. The van der Waals surface area contributed by atoms with Gasteiger partial charge in [0.15, 0.2) is 0 Å². The molecule has 2 aliphatic rings. The number of piperidine rings is 1. The van der Waals surface area contributed by atoms with Gasteiger partial charge in [-0.15, -0.1) is 0 Å². The van der Waals surface area contributed by atoms with Crippen molar-refractivity contribution in [3.63, 3.8) is 0 Å². The Labute approximate surface area is 165 Å². The molecular formula is C22H28FN3O2. The average molecular weight is 385 g/mol. The summed E-state index contributed by atoms with van der Waals surface area (Å²) in [6.07, 6.45) is 0.546. The highest BCUT2D eigenvalue weighted by molar-refractivity contribution is 5.48. The summed E-state index contributed by atoms with van der Waals surface area (Å²) in [6, 6.07) is 14.4. The van der Waals surface area contributed by atoms with Gasteiger partial charge >= 0.3 is 0 Å². The SMILES string of the molecule is Oc1ccc(CN2CC[C@@H](N3CCN(c4ccccc4F)CC3)[C@H](O)C2)cc1. The van der Waals surface area contributed by atoms with E-state index >= 15 is 0 Å². The van der Waals surface area contributed by atoms with E-state index in [-0.39, 0.29) is 23.7 Å². The number of β-amino-alcohol motifs (C(OH)–C–C–N with tert-alkyl or cyclic N) is 1. The molecule has 2 N–H and O–H groups in total. The summed E-state index contributed by atoms with van der Waals surface area (Å²) in [4.78, 5) is 6.72. The fourth-order valence-corrected chi connectivity index (χ4v) is 4.42. The number of para-hydroxylation sites is 1. The van der Waals surface area contributed by atoms with Gasteiger partial charge in [-0.25, -0.2) is 4.39 Å². The van der Waals surface area contributed by atoms with E-state index in [2.05, 4.69) is 14.7 Å².